The van der Waals surface area contributed by atoms with Crippen molar-refractivity contribution in [2.45, 2.75) is 6.10 Å². The molecule has 1 atom stereocenters. The van der Waals surface area contributed by atoms with Gasteiger partial charge in [0.05, 0.1) is 19.3 Å². The van der Waals surface area contributed by atoms with Crippen LogP contribution in [0.25, 0.3) is 0 Å². The van der Waals surface area contributed by atoms with Crippen molar-refractivity contribution >= 4 is 11.7 Å². The fraction of sp³-hybridized carbons (Fsp3) is 0.385. The van der Waals surface area contributed by atoms with Crippen LogP contribution in [-0.4, -0.2) is 52.5 Å². The molecule has 1 N–H and O–H groups in total. The molecule has 0 aromatic carbocycles. The molecular formula is C13H15N5O3. The zero-order valence-corrected chi connectivity index (χ0v) is 11.5. The van der Waals surface area contributed by atoms with Crippen molar-refractivity contribution in [3.05, 3.63) is 36.4 Å². The van der Waals surface area contributed by atoms with Crippen LogP contribution in [-0.2, 0) is 4.74 Å². The van der Waals surface area contributed by atoms with Crippen LogP contribution in [0.1, 0.15) is 22.4 Å². The lowest BCUT2D eigenvalue weighted by Gasteiger charge is -2.32. The summed E-state index contributed by atoms with van der Waals surface area (Å²) < 4.78 is 10.8. The standard InChI is InChI=1S/C13H15N5O3/c1-14-12-11(16-2-3-17-12)10-7-18(4-5-20-10)13(19)9-6-15-8-21-9/h2-3,6,8,10H,4-5,7H2,1H3,(H,14,17). The topological polar surface area (TPSA) is 93.4 Å². The SMILES string of the molecule is CNc1nccnc1C1CN(C(=O)c2cnco2)CCO1. The molecule has 1 aliphatic rings. The van der Waals surface area contributed by atoms with Crippen molar-refractivity contribution in [2.24, 2.45) is 0 Å². The highest BCUT2D eigenvalue weighted by Gasteiger charge is 2.29. The first kappa shape index (κ1) is 13.5. The molecule has 1 amide bonds. The summed E-state index contributed by atoms with van der Waals surface area (Å²) in [6.45, 7) is 1.34. The predicted molar refractivity (Wildman–Crippen MR) is 72.7 cm³/mol. The summed E-state index contributed by atoms with van der Waals surface area (Å²) in [7, 11) is 1.77. The minimum Gasteiger partial charge on any atom is -0.438 e. The van der Waals surface area contributed by atoms with E-state index in [1.807, 2.05) is 0 Å². The first-order valence-electron chi connectivity index (χ1n) is 6.57. The number of ether oxygens (including phenoxy) is 1. The van der Waals surface area contributed by atoms with Gasteiger partial charge in [-0.3, -0.25) is 9.78 Å². The van der Waals surface area contributed by atoms with Crippen molar-refractivity contribution in [1.82, 2.24) is 19.9 Å². The minimum atomic E-state index is -0.318. The number of anilines is 1. The van der Waals surface area contributed by atoms with E-state index in [2.05, 4.69) is 20.3 Å². The summed E-state index contributed by atoms with van der Waals surface area (Å²) in [5, 5.41) is 2.98. The Kier molecular flexibility index (Phi) is 3.78. The molecule has 8 heteroatoms. The molecule has 0 saturated carbocycles. The number of aromatic nitrogens is 3. The Hall–Kier alpha value is -2.48. The second kappa shape index (κ2) is 5.88. The predicted octanol–water partition coefficient (Wildman–Crippen LogP) is 0.720. The van der Waals surface area contributed by atoms with Gasteiger partial charge in [-0.15, -0.1) is 0 Å². The van der Waals surface area contributed by atoms with Crippen LogP contribution >= 0.6 is 0 Å². The quantitative estimate of drug-likeness (QED) is 0.889. The van der Waals surface area contributed by atoms with Gasteiger partial charge >= 0.3 is 0 Å². The van der Waals surface area contributed by atoms with Gasteiger partial charge < -0.3 is 19.4 Å². The number of nitrogens with zero attached hydrogens (tertiary/aromatic N) is 4. The maximum Gasteiger partial charge on any atom is 0.291 e. The second-order valence-electron chi connectivity index (χ2n) is 4.52. The van der Waals surface area contributed by atoms with Gasteiger partial charge in [-0.2, -0.15) is 0 Å². The van der Waals surface area contributed by atoms with Crippen LogP contribution in [0.15, 0.2) is 29.4 Å². The Morgan fingerprint density at radius 3 is 3.05 bits per heavy atom. The van der Waals surface area contributed by atoms with Crippen molar-refractivity contribution in [1.29, 1.82) is 0 Å². The molecular weight excluding hydrogens is 274 g/mol. The highest BCUT2D eigenvalue weighted by Crippen LogP contribution is 2.25. The third-order valence-electron chi connectivity index (χ3n) is 3.27. The zero-order chi connectivity index (χ0) is 14.7. The number of amides is 1. The molecule has 1 saturated heterocycles. The molecule has 2 aromatic heterocycles. The molecule has 1 fully saturated rings. The molecule has 3 rings (SSSR count). The lowest BCUT2D eigenvalue weighted by atomic mass is 10.2. The van der Waals surface area contributed by atoms with Gasteiger partial charge in [0.2, 0.25) is 5.76 Å². The van der Waals surface area contributed by atoms with E-state index < -0.39 is 0 Å². The lowest BCUT2D eigenvalue weighted by Crippen LogP contribution is -2.42. The van der Waals surface area contributed by atoms with Gasteiger partial charge in [0.25, 0.3) is 5.91 Å². The van der Waals surface area contributed by atoms with E-state index >= 15 is 0 Å². The van der Waals surface area contributed by atoms with E-state index in [0.29, 0.717) is 31.2 Å². The van der Waals surface area contributed by atoms with Gasteiger partial charge in [-0.1, -0.05) is 0 Å². The highest BCUT2D eigenvalue weighted by molar-refractivity contribution is 5.91. The third-order valence-corrected chi connectivity index (χ3v) is 3.27. The summed E-state index contributed by atoms with van der Waals surface area (Å²) in [4.78, 5) is 26.2. The summed E-state index contributed by atoms with van der Waals surface area (Å²) in [5.74, 6) is 0.677. The highest BCUT2D eigenvalue weighted by atomic mass is 16.5. The van der Waals surface area contributed by atoms with E-state index in [4.69, 9.17) is 9.15 Å². The van der Waals surface area contributed by atoms with Gasteiger partial charge in [0, 0.05) is 26.0 Å². The van der Waals surface area contributed by atoms with E-state index in [1.165, 1.54) is 12.6 Å². The first-order valence-corrected chi connectivity index (χ1v) is 6.57. The Morgan fingerprint density at radius 2 is 2.29 bits per heavy atom. The molecule has 8 nitrogen and oxygen atoms in total. The zero-order valence-electron chi connectivity index (χ0n) is 11.5. The van der Waals surface area contributed by atoms with Crippen LogP contribution < -0.4 is 5.32 Å². The van der Waals surface area contributed by atoms with Crippen LogP contribution in [0.5, 0.6) is 0 Å². The Bertz CT molecular complexity index is 616. The maximum absolute atomic E-state index is 12.3. The largest absolute Gasteiger partial charge is 0.438 e. The van der Waals surface area contributed by atoms with Crippen LogP contribution in [0.4, 0.5) is 5.82 Å². The van der Waals surface area contributed by atoms with Gasteiger partial charge in [-0.05, 0) is 0 Å². The number of rotatable bonds is 3. The van der Waals surface area contributed by atoms with E-state index in [-0.39, 0.29) is 17.8 Å². The third kappa shape index (κ3) is 2.70. The van der Waals surface area contributed by atoms with E-state index in [9.17, 15) is 4.79 Å². The Morgan fingerprint density at radius 1 is 1.43 bits per heavy atom. The smallest absolute Gasteiger partial charge is 0.291 e. The number of carbonyl (C=O) groups excluding carboxylic acids is 1. The number of morpholine rings is 1. The molecule has 110 valence electrons. The monoisotopic (exact) mass is 289 g/mol. The maximum atomic E-state index is 12.3. The molecule has 21 heavy (non-hydrogen) atoms. The minimum absolute atomic E-state index is 0.198. The van der Waals surface area contributed by atoms with Crippen molar-refractivity contribution in [3.63, 3.8) is 0 Å². The summed E-state index contributed by atoms with van der Waals surface area (Å²) in [6.07, 6.45) is 5.55. The number of carbonyl (C=O) groups is 1. The number of hydrogen-bond acceptors (Lipinski definition) is 7. The van der Waals surface area contributed by atoms with Gasteiger partial charge in [0.15, 0.2) is 6.39 Å². The fourth-order valence-electron chi connectivity index (χ4n) is 2.25. The molecule has 0 spiro atoms. The van der Waals surface area contributed by atoms with Crippen LogP contribution in [0.2, 0.25) is 0 Å². The van der Waals surface area contributed by atoms with Crippen molar-refractivity contribution in [2.75, 3.05) is 32.1 Å². The lowest BCUT2D eigenvalue weighted by molar-refractivity contribution is -0.0254. The average Bonchev–Trinajstić information content (AvgIpc) is 3.08. The molecule has 3 heterocycles. The summed E-state index contributed by atoms with van der Waals surface area (Å²) >= 11 is 0. The van der Waals surface area contributed by atoms with Crippen molar-refractivity contribution in [3.8, 4) is 0 Å². The van der Waals surface area contributed by atoms with Gasteiger partial charge in [0.1, 0.15) is 17.6 Å². The van der Waals surface area contributed by atoms with Crippen LogP contribution in [0.3, 0.4) is 0 Å². The average molecular weight is 289 g/mol. The molecule has 0 radical (unpaired) electrons. The van der Waals surface area contributed by atoms with Crippen LogP contribution in [0, 0.1) is 0 Å². The second-order valence-corrected chi connectivity index (χ2v) is 4.52. The summed E-state index contributed by atoms with van der Waals surface area (Å²) in [6, 6.07) is 0. The molecule has 0 bridgehead atoms. The number of hydrogen-bond donors (Lipinski definition) is 1. The summed E-state index contributed by atoms with van der Waals surface area (Å²) in [5.41, 5.74) is 0.690. The first-order chi connectivity index (χ1) is 10.3. The molecule has 1 unspecified atom stereocenters. The van der Waals surface area contributed by atoms with E-state index in [0.717, 1.165) is 0 Å². The molecule has 1 aliphatic heterocycles. The van der Waals surface area contributed by atoms with Gasteiger partial charge in [-0.25, -0.2) is 9.97 Å². The Balaban J connectivity index is 1.78. The fourth-order valence-corrected chi connectivity index (χ4v) is 2.25. The number of oxazole rings is 1. The van der Waals surface area contributed by atoms with E-state index in [1.54, 1.807) is 24.3 Å². The van der Waals surface area contributed by atoms with Crippen molar-refractivity contribution < 1.29 is 13.9 Å². The number of nitrogens with one attached hydrogen (secondary N) is 1. The Labute approximate surface area is 121 Å². The molecule has 2 aromatic rings. The normalized spacial score (nSPS) is 18.5. The molecule has 0 aliphatic carbocycles.